The van der Waals surface area contributed by atoms with Crippen molar-refractivity contribution in [3.8, 4) is 0 Å². The molecule has 49 heavy (non-hydrogen) atoms. The minimum atomic E-state index is -1.20. The molecule has 0 bridgehead atoms. The van der Waals surface area contributed by atoms with Crippen LogP contribution in [-0.4, -0.2) is 89.6 Å². The Balaban J connectivity index is 7.30. The van der Waals surface area contributed by atoms with Crippen molar-refractivity contribution in [2.24, 2.45) is 11.8 Å². The Bertz CT molecular complexity index is 1330. The zero-order valence-electron chi connectivity index (χ0n) is 29.9. The maximum Gasteiger partial charge on any atom is 0.338 e. The number of ether oxygens (including phenoxy) is 6. The second kappa shape index (κ2) is 23.6. The molecule has 0 aromatic carbocycles. The summed E-state index contributed by atoms with van der Waals surface area (Å²) in [5.74, 6) is -7.26. The van der Waals surface area contributed by atoms with Crippen LogP contribution in [0.25, 0.3) is 0 Å². The van der Waals surface area contributed by atoms with Crippen LogP contribution in [0.2, 0.25) is 0 Å². The Morgan fingerprint density at radius 1 is 0.490 bits per heavy atom. The summed E-state index contributed by atoms with van der Waals surface area (Å²) in [5, 5.41) is 9.22. The first-order valence-electron chi connectivity index (χ1n) is 15.8. The molecule has 14 heteroatoms. The van der Waals surface area contributed by atoms with E-state index < -0.39 is 60.0 Å². The van der Waals surface area contributed by atoms with Crippen LogP contribution >= 0.6 is 0 Å². The summed E-state index contributed by atoms with van der Waals surface area (Å²) in [4.78, 5) is 89.0. The third-order valence-corrected chi connectivity index (χ3v) is 7.85. The molecule has 274 valence electrons. The molecule has 0 heterocycles. The molecular formula is C35H50O14. The lowest BCUT2D eigenvalue weighted by atomic mass is 9.83. The van der Waals surface area contributed by atoms with Crippen molar-refractivity contribution in [1.29, 1.82) is 0 Å². The number of hydrogen-bond donors (Lipinski definition) is 1. The number of carboxylic acids is 1. The van der Waals surface area contributed by atoms with E-state index >= 15 is 0 Å². The molecule has 2 unspecified atom stereocenters. The van der Waals surface area contributed by atoms with Crippen molar-refractivity contribution < 1.29 is 67.1 Å². The second-order valence-corrected chi connectivity index (χ2v) is 10.8. The number of rotatable bonds is 21. The van der Waals surface area contributed by atoms with Gasteiger partial charge in [0, 0.05) is 28.7 Å². The molecule has 14 nitrogen and oxygen atoms in total. The molecule has 0 radical (unpaired) electrons. The van der Waals surface area contributed by atoms with E-state index in [0.717, 1.165) is 28.4 Å². The zero-order chi connectivity index (χ0) is 37.7. The van der Waals surface area contributed by atoms with Crippen molar-refractivity contribution in [2.75, 3.05) is 42.7 Å². The van der Waals surface area contributed by atoms with Gasteiger partial charge in [0.1, 0.15) is 0 Å². The quantitative estimate of drug-likeness (QED) is 0.0770. The van der Waals surface area contributed by atoms with Gasteiger partial charge in [-0.3, -0.25) is 4.79 Å². The maximum absolute atomic E-state index is 13.3. The number of allylic oxidation sites excluding steroid dienone is 1. The number of esters is 6. The molecule has 0 saturated heterocycles. The standard InChI is InChI=1S/C35H50O14/c1-10-13-14-23(30(38)44-4)25(32(40)46-6)17-21(11-2)19-27(34(42)48-8)28(35(43)49-9)20-22(12-3)18-26(33(41)47-7)24(31(39)45-5)15-16-29(36)37/h13-14,21-22H,10-12,15-20H2,1-9H3,(H,36,37)/b14-13+,25-23+,26-24+,28-27-. The lowest BCUT2D eigenvalue weighted by Gasteiger charge is -2.23. The summed E-state index contributed by atoms with van der Waals surface area (Å²) in [6, 6.07) is 0. The molecule has 0 aliphatic heterocycles. The van der Waals surface area contributed by atoms with E-state index in [1.54, 1.807) is 19.9 Å². The summed E-state index contributed by atoms with van der Waals surface area (Å²) < 4.78 is 29.7. The van der Waals surface area contributed by atoms with Gasteiger partial charge in [0.2, 0.25) is 0 Å². The Labute approximate surface area is 287 Å². The summed E-state index contributed by atoms with van der Waals surface area (Å²) in [5.41, 5.74) is -0.402. The molecule has 0 amide bonds. The van der Waals surface area contributed by atoms with Crippen LogP contribution in [0.4, 0.5) is 0 Å². The number of carboxylic acid groups (broad SMARTS) is 1. The van der Waals surface area contributed by atoms with Gasteiger partial charge in [-0.05, 0) is 50.4 Å². The van der Waals surface area contributed by atoms with Gasteiger partial charge in [-0.2, -0.15) is 0 Å². The molecule has 2 atom stereocenters. The van der Waals surface area contributed by atoms with Crippen LogP contribution in [0, 0.1) is 11.8 Å². The fourth-order valence-corrected chi connectivity index (χ4v) is 5.03. The molecule has 0 aromatic heterocycles. The lowest BCUT2D eigenvalue weighted by molar-refractivity contribution is -0.140. The average Bonchev–Trinajstić information content (AvgIpc) is 3.11. The molecule has 0 spiro atoms. The highest BCUT2D eigenvalue weighted by molar-refractivity contribution is 6.03. The number of hydrogen-bond acceptors (Lipinski definition) is 13. The zero-order valence-corrected chi connectivity index (χ0v) is 29.9. The van der Waals surface area contributed by atoms with E-state index in [2.05, 4.69) is 0 Å². The van der Waals surface area contributed by atoms with Gasteiger partial charge in [0.15, 0.2) is 0 Å². The van der Waals surface area contributed by atoms with Crippen molar-refractivity contribution >= 4 is 41.8 Å². The lowest BCUT2D eigenvalue weighted by Crippen LogP contribution is -2.22. The predicted molar refractivity (Wildman–Crippen MR) is 176 cm³/mol. The Kier molecular flexibility index (Phi) is 21.3. The molecule has 0 fully saturated rings. The van der Waals surface area contributed by atoms with E-state index in [9.17, 15) is 38.7 Å². The summed E-state index contributed by atoms with van der Waals surface area (Å²) in [6.07, 6.45) is 3.29. The number of carbonyl (C=O) groups is 7. The highest BCUT2D eigenvalue weighted by Crippen LogP contribution is 2.33. The van der Waals surface area contributed by atoms with Crippen LogP contribution < -0.4 is 0 Å². The topological polar surface area (TPSA) is 195 Å². The van der Waals surface area contributed by atoms with E-state index in [4.69, 9.17) is 28.4 Å². The molecule has 0 rings (SSSR count). The highest BCUT2D eigenvalue weighted by atomic mass is 16.5. The van der Waals surface area contributed by atoms with Gasteiger partial charge in [-0.1, -0.05) is 45.8 Å². The number of aliphatic carboxylic acids is 1. The van der Waals surface area contributed by atoms with Gasteiger partial charge in [-0.15, -0.1) is 0 Å². The van der Waals surface area contributed by atoms with Gasteiger partial charge in [0.05, 0.1) is 53.8 Å². The van der Waals surface area contributed by atoms with Gasteiger partial charge < -0.3 is 33.5 Å². The average molecular weight is 695 g/mol. The van der Waals surface area contributed by atoms with E-state index in [1.165, 1.54) is 20.3 Å². The minimum Gasteiger partial charge on any atom is -0.481 e. The molecule has 0 aliphatic rings. The summed E-state index contributed by atoms with van der Waals surface area (Å²) in [6.45, 7) is 5.42. The molecule has 1 N–H and O–H groups in total. The predicted octanol–water partition coefficient (Wildman–Crippen LogP) is 4.36. The first-order chi connectivity index (χ1) is 23.2. The normalized spacial score (nSPS) is 13.9. The fraction of sp³-hybridized carbons (Fsp3) is 0.571. The second-order valence-electron chi connectivity index (χ2n) is 10.8. The maximum atomic E-state index is 13.3. The molecule has 0 aliphatic carbocycles. The van der Waals surface area contributed by atoms with Crippen molar-refractivity contribution in [3.63, 3.8) is 0 Å². The number of carbonyl (C=O) groups excluding carboxylic acids is 6. The Morgan fingerprint density at radius 3 is 1.14 bits per heavy atom. The van der Waals surface area contributed by atoms with E-state index in [-0.39, 0.29) is 65.5 Å². The molecule has 0 saturated carbocycles. The SMILES string of the molecule is CC/C=C/C(C(=O)OC)=C(/CC(CC)C/C(C(=O)OC)=C(\CC(CC)C/C(C(=O)OC)=C(/CCC(=O)O)C(=O)OC)C(=O)OC)C(=O)OC. The van der Waals surface area contributed by atoms with Crippen LogP contribution in [0.1, 0.15) is 78.6 Å². The Hall–Kier alpha value is -4.75. The first-order valence-corrected chi connectivity index (χ1v) is 15.8. The third-order valence-electron chi connectivity index (χ3n) is 7.85. The summed E-state index contributed by atoms with van der Waals surface area (Å²) >= 11 is 0. The first kappa shape index (κ1) is 44.2. The monoisotopic (exact) mass is 694 g/mol. The molecule has 0 aromatic rings. The van der Waals surface area contributed by atoms with Gasteiger partial charge in [0.25, 0.3) is 0 Å². The summed E-state index contributed by atoms with van der Waals surface area (Å²) in [7, 11) is 6.83. The minimum absolute atomic E-state index is 0.0103. The van der Waals surface area contributed by atoms with E-state index in [0.29, 0.717) is 19.3 Å². The highest BCUT2D eigenvalue weighted by Gasteiger charge is 2.32. The van der Waals surface area contributed by atoms with Crippen LogP contribution in [0.3, 0.4) is 0 Å². The van der Waals surface area contributed by atoms with Crippen LogP contribution in [-0.2, 0) is 62.0 Å². The Morgan fingerprint density at radius 2 is 0.816 bits per heavy atom. The number of methoxy groups -OCH3 is 6. The smallest absolute Gasteiger partial charge is 0.338 e. The van der Waals surface area contributed by atoms with Gasteiger partial charge >= 0.3 is 41.8 Å². The van der Waals surface area contributed by atoms with Gasteiger partial charge in [-0.25, -0.2) is 28.8 Å². The van der Waals surface area contributed by atoms with Crippen molar-refractivity contribution in [3.05, 3.63) is 45.6 Å². The third kappa shape index (κ3) is 14.1. The van der Waals surface area contributed by atoms with E-state index in [1.807, 2.05) is 6.92 Å². The van der Waals surface area contributed by atoms with Crippen LogP contribution in [0.5, 0.6) is 0 Å². The van der Waals surface area contributed by atoms with Crippen molar-refractivity contribution in [1.82, 2.24) is 0 Å². The van der Waals surface area contributed by atoms with Crippen molar-refractivity contribution in [2.45, 2.75) is 78.6 Å². The van der Waals surface area contributed by atoms with Crippen LogP contribution in [0.15, 0.2) is 45.6 Å². The molecular weight excluding hydrogens is 644 g/mol. The largest absolute Gasteiger partial charge is 0.481 e. The fourth-order valence-electron chi connectivity index (χ4n) is 5.03.